The molecule has 0 aromatic heterocycles. The topological polar surface area (TPSA) is 78.4 Å². The van der Waals surface area contributed by atoms with E-state index < -0.39 is 5.97 Å². The maximum atomic E-state index is 12.0. The molecule has 0 atom stereocenters. The van der Waals surface area contributed by atoms with Crippen LogP contribution in [-0.4, -0.2) is 22.1 Å². The van der Waals surface area contributed by atoms with Crippen LogP contribution in [0.5, 0.6) is 0 Å². The predicted octanol–water partition coefficient (Wildman–Crippen LogP) is 3.49. The number of anilines is 1. The summed E-state index contributed by atoms with van der Waals surface area (Å²) in [5, 5.41) is 14.9. The Morgan fingerprint density at radius 1 is 1.16 bits per heavy atom. The van der Waals surface area contributed by atoms with Crippen LogP contribution >= 0.6 is 23.8 Å². The van der Waals surface area contributed by atoms with E-state index in [0.29, 0.717) is 16.3 Å². The number of carboxylic acids is 1. The number of hydrogen-bond donors (Lipinski definition) is 3. The van der Waals surface area contributed by atoms with Crippen molar-refractivity contribution in [1.29, 1.82) is 0 Å². The highest BCUT2D eigenvalue weighted by Crippen LogP contribution is 2.12. The number of amides is 1. The molecule has 2 aromatic carbocycles. The average molecular weight is 375 g/mol. The normalized spacial score (nSPS) is 10.4. The molecule has 3 N–H and O–H groups in total. The Hall–Kier alpha value is -2.70. The number of aliphatic carboxylic acids is 1. The van der Waals surface area contributed by atoms with Gasteiger partial charge in [0.05, 0.1) is 6.42 Å². The smallest absolute Gasteiger partial charge is 0.328 e. The lowest BCUT2D eigenvalue weighted by Gasteiger charge is -2.10. The second kappa shape index (κ2) is 8.96. The van der Waals surface area contributed by atoms with Crippen molar-refractivity contribution in [2.24, 2.45) is 0 Å². The molecule has 0 aliphatic heterocycles. The monoisotopic (exact) mass is 374 g/mol. The zero-order chi connectivity index (χ0) is 18.2. The van der Waals surface area contributed by atoms with Gasteiger partial charge in [0.2, 0.25) is 5.91 Å². The lowest BCUT2D eigenvalue weighted by atomic mass is 10.1. The largest absolute Gasteiger partial charge is 0.478 e. The van der Waals surface area contributed by atoms with Gasteiger partial charge in [0, 0.05) is 16.8 Å². The fourth-order valence-corrected chi connectivity index (χ4v) is 2.37. The Bertz CT molecular complexity index is 819. The van der Waals surface area contributed by atoms with Crippen molar-refractivity contribution in [2.75, 3.05) is 5.32 Å². The van der Waals surface area contributed by atoms with E-state index in [1.54, 1.807) is 48.5 Å². The number of carbonyl (C=O) groups is 2. The molecule has 1 amide bonds. The molecule has 0 aliphatic carbocycles. The number of halogens is 1. The summed E-state index contributed by atoms with van der Waals surface area (Å²) in [6.07, 6.45) is 2.70. The summed E-state index contributed by atoms with van der Waals surface area (Å²) in [4.78, 5) is 22.5. The molecule has 7 heteroatoms. The molecule has 128 valence electrons. The highest BCUT2D eigenvalue weighted by molar-refractivity contribution is 7.80. The van der Waals surface area contributed by atoms with Crippen LogP contribution in [0.3, 0.4) is 0 Å². The van der Waals surface area contributed by atoms with Crippen LogP contribution in [0.4, 0.5) is 5.69 Å². The summed E-state index contributed by atoms with van der Waals surface area (Å²) >= 11 is 10.9. The van der Waals surface area contributed by atoms with E-state index in [4.69, 9.17) is 28.9 Å². The van der Waals surface area contributed by atoms with Gasteiger partial charge < -0.3 is 15.7 Å². The standard InChI is InChI=1S/C18H15ClN2O3S/c19-14-7-4-13(5-8-14)11-16(22)21-18(25)20-15-3-1-2-12(10-15)6-9-17(23)24/h1-10H,11H2,(H,23,24)(H2,20,21,22,25)/b9-6+. The maximum absolute atomic E-state index is 12.0. The minimum absolute atomic E-state index is 0.165. The molecule has 0 saturated heterocycles. The van der Waals surface area contributed by atoms with Crippen LogP contribution in [0, 0.1) is 0 Å². The first-order valence-electron chi connectivity index (χ1n) is 7.29. The van der Waals surface area contributed by atoms with Crippen molar-refractivity contribution in [3.63, 3.8) is 0 Å². The van der Waals surface area contributed by atoms with Crippen LogP contribution < -0.4 is 10.6 Å². The van der Waals surface area contributed by atoms with Crippen LogP contribution in [-0.2, 0) is 16.0 Å². The van der Waals surface area contributed by atoms with Crippen molar-refractivity contribution >= 4 is 52.6 Å². The van der Waals surface area contributed by atoms with Gasteiger partial charge in [-0.2, -0.15) is 0 Å². The van der Waals surface area contributed by atoms with E-state index in [-0.39, 0.29) is 17.4 Å². The van der Waals surface area contributed by atoms with Gasteiger partial charge in [-0.15, -0.1) is 0 Å². The van der Waals surface area contributed by atoms with Gasteiger partial charge >= 0.3 is 5.97 Å². The Morgan fingerprint density at radius 3 is 2.56 bits per heavy atom. The summed E-state index contributed by atoms with van der Waals surface area (Å²) in [7, 11) is 0. The number of carboxylic acid groups (broad SMARTS) is 1. The molecule has 0 unspecified atom stereocenters. The number of nitrogens with one attached hydrogen (secondary N) is 2. The third kappa shape index (κ3) is 6.74. The van der Waals surface area contributed by atoms with Crippen molar-refractivity contribution in [1.82, 2.24) is 5.32 Å². The number of hydrogen-bond acceptors (Lipinski definition) is 3. The van der Waals surface area contributed by atoms with E-state index in [1.807, 2.05) is 0 Å². The van der Waals surface area contributed by atoms with E-state index in [1.165, 1.54) is 6.08 Å². The fraction of sp³-hybridized carbons (Fsp3) is 0.0556. The van der Waals surface area contributed by atoms with Gasteiger partial charge in [-0.25, -0.2) is 4.79 Å². The minimum atomic E-state index is -1.02. The first-order chi connectivity index (χ1) is 11.9. The van der Waals surface area contributed by atoms with Gasteiger partial charge in [0.25, 0.3) is 0 Å². The zero-order valence-electron chi connectivity index (χ0n) is 13.0. The van der Waals surface area contributed by atoms with Gasteiger partial charge in [-0.3, -0.25) is 4.79 Å². The molecular weight excluding hydrogens is 360 g/mol. The Balaban J connectivity index is 1.91. The molecule has 2 aromatic rings. The van der Waals surface area contributed by atoms with Gasteiger partial charge in [0.1, 0.15) is 0 Å². The summed E-state index contributed by atoms with van der Waals surface area (Å²) in [5.41, 5.74) is 2.16. The lowest BCUT2D eigenvalue weighted by molar-refractivity contribution is -0.131. The Kier molecular flexibility index (Phi) is 6.68. The third-order valence-corrected chi connectivity index (χ3v) is 3.55. The minimum Gasteiger partial charge on any atom is -0.478 e. The molecule has 25 heavy (non-hydrogen) atoms. The molecule has 0 saturated carbocycles. The second-order valence-electron chi connectivity index (χ2n) is 5.10. The molecule has 2 rings (SSSR count). The highest BCUT2D eigenvalue weighted by Gasteiger charge is 2.06. The number of thiocarbonyl (C=S) groups is 1. The van der Waals surface area contributed by atoms with Gasteiger partial charge in [-0.05, 0) is 53.7 Å². The Labute approximate surface area is 155 Å². The molecule has 0 fully saturated rings. The summed E-state index contributed by atoms with van der Waals surface area (Å²) in [5.74, 6) is -1.27. The first kappa shape index (κ1) is 18.6. The summed E-state index contributed by atoms with van der Waals surface area (Å²) < 4.78 is 0. The van der Waals surface area contributed by atoms with E-state index in [9.17, 15) is 9.59 Å². The van der Waals surface area contributed by atoms with Gasteiger partial charge in [-0.1, -0.05) is 35.9 Å². The van der Waals surface area contributed by atoms with Crippen LogP contribution in [0.1, 0.15) is 11.1 Å². The number of rotatable bonds is 5. The first-order valence-corrected chi connectivity index (χ1v) is 8.07. The molecular formula is C18H15ClN2O3S. The molecule has 0 radical (unpaired) electrons. The SMILES string of the molecule is O=C(O)/C=C/c1cccc(NC(=S)NC(=O)Cc2ccc(Cl)cc2)c1. The molecule has 0 bridgehead atoms. The van der Waals surface area contributed by atoms with Crippen LogP contribution in [0.25, 0.3) is 6.08 Å². The zero-order valence-corrected chi connectivity index (χ0v) is 14.6. The second-order valence-corrected chi connectivity index (χ2v) is 5.95. The van der Waals surface area contributed by atoms with Gasteiger partial charge in [0.15, 0.2) is 5.11 Å². The van der Waals surface area contributed by atoms with E-state index >= 15 is 0 Å². The molecule has 0 aliphatic rings. The van der Waals surface area contributed by atoms with Crippen molar-refractivity contribution in [3.8, 4) is 0 Å². The van der Waals surface area contributed by atoms with Crippen molar-refractivity contribution in [3.05, 3.63) is 70.8 Å². The average Bonchev–Trinajstić information content (AvgIpc) is 2.55. The van der Waals surface area contributed by atoms with Crippen LogP contribution in [0.15, 0.2) is 54.6 Å². The highest BCUT2D eigenvalue weighted by atomic mass is 35.5. The lowest BCUT2D eigenvalue weighted by Crippen LogP contribution is -2.35. The molecule has 0 heterocycles. The van der Waals surface area contributed by atoms with Crippen molar-refractivity contribution < 1.29 is 14.7 Å². The number of benzene rings is 2. The van der Waals surface area contributed by atoms with Crippen molar-refractivity contribution in [2.45, 2.75) is 6.42 Å². The fourth-order valence-electron chi connectivity index (χ4n) is 2.01. The maximum Gasteiger partial charge on any atom is 0.328 e. The molecule has 5 nitrogen and oxygen atoms in total. The number of carbonyl (C=O) groups excluding carboxylic acids is 1. The predicted molar refractivity (Wildman–Crippen MR) is 103 cm³/mol. The summed E-state index contributed by atoms with van der Waals surface area (Å²) in [6, 6.07) is 14.0. The third-order valence-electron chi connectivity index (χ3n) is 3.09. The van der Waals surface area contributed by atoms with E-state index in [0.717, 1.165) is 11.6 Å². The molecule has 0 spiro atoms. The summed E-state index contributed by atoms with van der Waals surface area (Å²) in [6.45, 7) is 0. The van der Waals surface area contributed by atoms with E-state index in [2.05, 4.69) is 10.6 Å². The Morgan fingerprint density at radius 2 is 1.88 bits per heavy atom. The van der Waals surface area contributed by atoms with Crippen LogP contribution in [0.2, 0.25) is 5.02 Å². The quantitative estimate of drug-likeness (QED) is 0.551.